The number of benzene rings is 1. The summed E-state index contributed by atoms with van der Waals surface area (Å²) in [4.78, 5) is 11.8. The van der Waals surface area contributed by atoms with Crippen molar-refractivity contribution in [3.05, 3.63) is 47.4 Å². The van der Waals surface area contributed by atoms with Gasteiger partial charge >= 0.3 is 0 Å². The number of halogens is 2. The van der Waals surface area contributed by atoms with Gasteiger partial charge in [-0.15, -0.1) is 0 Å². The number of carbonyl (C=O) groups excluding carboxylic acids is 1. The van der Waals surface area contributed by atoms with E-state index in [1.165, 1.54) is 12.1 Å². The molecule has 23 heavy (non-hydrogen) atoms. The molecule has 0 saturated carbocycles. The fourth-order valence-corrected chi connectivity index (χ4v) is 2.17. The maximum atomic E-state index is 13.4. The smallest absolute Gasteiger partial charge is 0.273 e. The van der Waals surface area contributed by atoms with Gasteiger partial charge in [0.15, 0.2) is 23.0 Å². The first-order valence-corrected chi connectivity index (χ1v) is 8.30. The maximum Gasteiger partial charge on any atom is 0.273 e. The molecule has 0 aliphatic heterocycles. The van der Waals surface area contributed by atoms with E-state index in [0.717, 1.165) is 24.3 Å². The summed E-state index contributed by atoms with van der Waals surface area (Å²) in [6, 6.07) is 4.42. The summed E-state index contributed by atoms with van der Waals surface area (Å²) in [6.45, 7) is 0.439. The van der Waals surface area contributed by atoms with Crippen molar-refractivity contribution in [3.8, 4) is 5.75 Å². The summed E-state index contributed by atoms with van der Waals surface area (Å²) in [6.07, 6.45) is 2.86. The Morgan fingerprint density at radius 2 is 2.22 bits per heavy atom. The number of nitrogens with one attached hydrogen (secondary N) is 1. The SMILES string of the molecule is CSCCCNC(=O)c1cc(COc2ccc(F)cc2F)on1. The molecule has 124 valence electrons. The van der Waals surface area contributed by atoms with Gasteiger partial charge in [0.2, 0.25) is 0 Å². The van der Waals surface area contributed by atoms with Gasteiger partial charge in [0.25, 0.3) is 5.91 Å². The van der Waals surface area contributed by atoms with Gasteiger partial charge in [-0.2, -0.15) is 11.8 Å². The van der Waals surface area contributed by atoms with Gasteiger partial charge in [-0.05, 0) is 30.6 Å². The van der Waals surface area contributed by atoms with Gasteiger partial charge in [0, 0.05) is 18.7 Å². The number of rotatable bonds is 8. The second-order valence-electron chi connectivity index (χ2n) is 4.64. The predicted molar refractivity (Wildman–Crippen MR) is 82.5 cm³/mol. The molecule has 0 spiro atoms. The molecule has 2 aromatic rings. The van der Waals surface area contributed by atoms with Crippen molar-refractivity contribution in [3.63, 3.8) is 0 Å². The van der Waals surface area contributed by atoms with Crippen LogP contribution in [0.25, 0.3) is 0 Å². The number of hydrogen-bond acceptors (Lipinski definition) is 5. The first-order chi connectivity index (χ1) is 11.1. The molecule has 0 aliphatic rings. The lowest BCUT2D eigenvalue weighted by Crippen LogP contribution is -2.25. The van der Waals surface area contributed by atoms with Crippen LogP contribution >= 0.6 is 11.8 Å². The van der Waals surface area contributed by atoms with Crippen LogP contribution in [0.5, 0.6) is 5.75 Å². The molecule has 0 fully saturated rings. The summed E-state index contributed by atoms with van der Waals surface area (Å²) < 4.78 is 36.3. The topological polar surface area (TPSA) is 64.4 Å². The second-order valence-corrected chi connectivity index (χ2v) is 5.63. The molecule has 1 aromatic heterocycles. The third-order valence-corrected chi connectivity index (χ3v) is 3.56. The lowest BCUT2D eigenvalue weighted by atomic mass is 10.3. The third-order valence-electron chi connectivity index (χ3n) is 2.87. The van der Waals surface area contributed by atoms with Crippen LogP contribution in [0.15, 0.2) is 28.8 Å². The molecule has 1 N–H and O–H groups in total. The molecule has 0 radical (unpaired) electrons. The number of aromatic nitrogens is 1. The minimum absolute atomic E-state index is 0.106. The number of hydrogen-bond donors (Lipinski definition) is 1. The molecule has 0 aliphatic carbocycles. The molecule has 0 saturated heterocycles. The van der Waals surface area contributed by atoms with E-state index in [9.17, 15) is 13.6 Å². The van der Waals surface area contributed by atoms with E-state index >= 15 is 0 Å². The van der Waals surface area contributed by atoms with Gasteiger partial charge < -0.3 is 14.6 Å². The first kappa shape index (κ1) is 17.3. The van der Waals surface area contributed by atoms with Crippen molar-refractivity contribution in [2.45, 2.75) is 13.0 Å². The van der Waals surface area contributed by atoms with E-state index in [2.05, 4.69) is 10.5 Å². The normalized spacial score (nSPS) is 10.6. The summed E-state index contributed by atoms with van der Waals surface area (Å²) in [5.74, 6) is -0.712. The predicted octanol–water partition coefficient (Wildman–Crippen LogP) is 3.01. The number of thioether (sulfide) groups is 1. The largest absolute Gasteiger partial charge is 0.482 e. The van der Waals surface area contributed by atoms with E-state index in [4.69, 9.17) is 9.26 Å². The average molecular weight is 342 g/mol. The maximum absolute atomic E-state index is 13.4. The molecule has 1 heterocycles. The molecule has 1 aromatic carbocycles. The van der Waals surface area contributed by atoms with E-state index in [1.54, 1.807) is 11.8 Å². The number of carbonyl (C=O) groups is 1. The lowest BCUT2D eigenvalue weighted by Gasteiger charge is -2.04. The first-order valence-electron chi connectivity index (χ1n) is 6.90. The monoisotopic (exact) mass is 342 g/mol. The van der Waals surface area contributed by atoms with Gasteiger partial charge in [-0.25, -0.2) is 8.78 Å². The van der Waals surface area contributed by atoms with Crippen LogP contribution in [0, 0.1) is 11.6 Å². The van der Waals surface area contributed by atoms with Crippen LogP contribution in [0.2, 0.25) is 0 Å². The molecule has 1 amide bonds. The highest BCUT2D eigenvalue weighted by molar-refractivity contribution is 7.98. The van der Waals surface area contributed by atoms with Crippen molar-refractivity contribution < 1.29 is 22.8 Å². The van der Waals surface area contributed by atoms with Crippen molar-refractivity contribution >= 4 is 17.7 Å². The standard InChI is InChI=1S/C15H16F2N2O3S/c1-23-6-2-5-18-15(20)13-8-11(22-19-13)9-21-14-4-3-10(16)7-12(14)17/h3-4,7-8H,2,5-6,9H2,1H3,(H,18,20). The third kappa shape index (κ3) is 5.24. The Kier molecular flexibility index (Phi) is 6.40. The number of ether oxygens (including phenoxy) is 1. The van der Waals surface area contributed by atoms with E-state index in [0.29, 0.717) is 6.54 Å². The van der Waals surface area contributed by atoms with Crippen molar-refractivity contribution in [1.29, 1.82) is 0 Å². The van der Waals surface area contributed by atoms with Gasteiger partial charge in [0.1, 0.15) is 12.4 Å². The summed E-state index contributed by atoms with van der Waals surface area (Å²) >= 11 is 1.70. The minimum atomic E-state index is -0.809. The Balaban J connectivity index is 1.85. The Bertz CT molecular complexity index is 664. The Hall–Kier alpha value is -2.09. The van der Waals surface area contributed by atoms with E-state index in [-0.39, 0.29) is 29.7 Å². The number of nitrogens with zero attached hydrogens (tertiary/aromatic N) is 1. The zero-order valence-corrected chi connectivity index (χ0v) is 13.3. The van der Waals surface area contributed by atoms with Crippen LogP contribution < -0.4 is 10.1 Å². The molecular weight excluding hydrogens is 326 g/mol. The highest BCUT2D eigenvalue weighted by atomic mass is 32.2. The Morgan fingerprint density at radius 3 is 2.96 bits per heavy atom. The Labute approximate surface area is 136 Å². The zero-order valence-electron chi connectivity index (χ0n) is 12.5. The lowest BCUT2D eigenvalue weighted by molar-refractivity contribution is 0.0944. The van der Waals surface area contributed by atoms with E-state index in [1.807, 2.05) is 6.26 Å². The molecule has 0 atom stereocenters. The number of amides is 1. The Morgan fingerprint density at radius 1 is 1.39 bits per heavy atom. The molecule has 8 heteroatoms. The fraction of sp³-hybridized carbons (Fsp3) is 0.333. The second kappa shape index (κ2) is 8.52. The quantitative estimate of drug-likeness (QED) is 0.747. The van der Waals surface area contributed by atoms with Gasteiger partial charge in [-0.1, -0.05) is 5.16 Å². The van der Waals surface area contributed by atoms with Crippen molar-refractivity contribution in [1.82, 2.24) is 10.5 Å². The van der Waals surface area contributed by atoms with Crippen LogP contribution in [-0.4, -0.2) is 29.6 Å². The van der Waals surface area contributed by atoms with Crippen molar-refractivity contribution in [2.24, 2.45) is 0 Å². The molecule has 2 rings (SSSR count). The van der Waals surface area contributed by atoms with Crippen LogP contribution in [0.1, 0.15) is 22.7 Å². The van der Waals surface area contributed by atoms with E-state index < -0.39 is 11.6 Å². The zero-order chi connectivity index (χ0) is 16.7. The fourth-order valence-electron chi connectivity index (χ4n) is 1.74. The molecule has 0 bridgehead atoms. The van der Waals surface area contributed by atoms with Gasteiger partial charge in [0.05, 0.1) is 0 Å². The summed E-state index contributed by atoms with van der Waals surface area (Å²) in [5, 5.41) is 6.36. The summed E-state index contributed by atoms with van der Waals surface area (Å²) in [5.41, 5.74) is 0.132. The highest BCUT2D eigenvalue weighted by Crippen LogP contribution is 2.19. The highest BCUT2D eigenvalue weighted by Gasteiger charge is 2.13. The molecule has 5 nitrogen and oxygen atoms in total. The van der Waals surface area contributed by atoms with Gasteiger partial charge in [-0.3, -0.25) is 4.79 Å². The minimum Gasteiger partial charge on any atom is -0.482 e. The average Bonchev–Trinajstić information content (AvgIpc) is 2.99. The van der Waals surface area contributed by atoms with Crippen LogP contribution in [-0.2, 0) is 6.61 Å². The molecular formula is C15H16F2N2O3S. The van der Waals surface area contributed by atoms with Crippen LogP contribution in [0.4, 0.5) is 8.78 Å². The van der Waals surface area contributed by atoms with Crippen molar-refractivity contribution in [2.75, 3.05) is 18.6 Å². The summed E-state index contributed by atoms with van der Waals surface area (Å²) in [7, 11) is 0. The van der Waals surface area contributed by atoms with Crippen LogP contribution in [0.3, 0.4) is 0 Å². The molecule has 0 unspecified atom stereocenters.